The summed E-state index contributed by atoms with van der Waals surface area (Å²) in [5.74, 6) is -2.04. The van der Waals surface area contributed by atoms with Gasteiger partial charge in [-0.05, 0) is 19.1 Å². The van der Waals surface area contributed by atoms with Gasteiger partial charge in [0.15, 0.2) is 11.6 Å². The van der Waals surface area contributed by atoms with Crippen LogP contribution in [0.25, 0.3) is 11.1 Å². The molecule has 1 aromatic carbocycles. The Labute approximate surface area is 91.2 Å². The topological polar surface area (TPSA) is 33.1 Å². The van der Waals surface area contributed by atoms with Crippen LogP contribution in [0.5, 0.6) is 5.75 Å². The monoisotopic (exact) mass is 221 g/mol. The zero-order chi connectivity index (χ0) is 11.7. The first-order valence-electron chi connectivity index (χ1n) is 4.70. The summed E-state index contributed by atoms with van der Waals surface area (Å²) in [7, 11) is 0. The third kappa shape index (κ3) is 1.62. The normalized spacial score (nSPS) is 10.4. The second-order valence-corrected chi connectivity index (χ2v) is 3.39. The van der Waals surface area contributed by atoms with Gasteiger partial charge in [0.1, 0.15) is 5.75 Å². The summed E-state index contributed by atoms with van der Waals surface area (Å²) in [6.45, 7) is 1.59. The maximum Gasteiger partial charge on any atom is 0.166 e. The van der Waals surface area contributed by atoms with Crippen molar-refractivity contribution in [2.75, 3.05) is 0 Å². The molecule has 0 atom stereocenters. The summed E-state index contributed by atoms with van der Waals surface area (Å²) < 4.78 is 26.5. The lowest BCUT2D eigenvalue weighted by Gasteiger charge is -2.07. The molecule has 1 heterocycles. The molecule has 0 bridgehead atoms. The van der Waals surface area contributed by atoms with E-state index in [4.69, 9.17) is 0 Å². The minimum Gasteiger partial charge on any atom is -0.505 e. The molecule has 0 aliphatic rings. The fourth-order valence-corrected chi connectivity index (χ4v) is 1.49. The van der Waals surface area contributed by atoms with Crippen LogP contribution in [0, 0.1) is 18.6 Å². The van der Waals surface area contributed by atoms with E-state index in [1.54, 1.807) is 6.92 Å². The van der Waals surface area contributed by atoms with Gasteiger partial charge in [-0.3, -0.25) is 4.98 Å². The number of hydrogen-bond donors (Lipinski definition) is 1. The summed E-state index contributed by atoms with van der Waals surface area (Å²) in [6.07, 6.45) is 1.44. The minimum absolute atomic E-state index is 0.0306. The molecule has 2 nitrogen and oxygen atoms in total. The van der Waals surface area contributed by atoms with Crippen LogP contribution in [-0.4, -0.2) is 10.1 Å². The highest BCUT2D eigenvalue weighted by Crippen LogP contribution is 2.32. The van der Waals surface area contributed by atoms with Gasteiger partial charge in [-0.15, -0.1) is 0 Å². The molecule has 2 rings (SSSR count). The van der Waals surface area contributed by atoms with Crippen molar-refractivity contribution in [1.29, 1.82) is 0 Å². The summed E-state index contributed by atoms with van der Waals surface area (Å²) in [6, 6.07) is 5.28. The lowest BCUT2D eigenvalue weighted by molar-refractivity contribution is 0.468. The molecule has 1 aromatic heterocycles. The van der Waals surface area contributed by atoms with Crippen LogP contribution in [-0.2, 0) is 0 Å². The van der Waals surface area contributed by atoms with E-state index in [9.17, 15) is 13.9 Å². The molecule has 0 aliphatic carbocycles. The third-order valence-electron chi connectivity index (χ3n) is 2.35. The Balaban J connectivity index is 2.68. The zero-order valence-corrected chi connectivity index (χ0v) is 8.54. The molecule has 0 spiro atoms. The van der Waals surface area contributed by atoms with E-state index in [0.717, 1.165) is 6.07 Å². The van der Waals surface area contributed by atoms with E-state index < -0.39 is 11.6 Å². The first-order valence-corrected chi connectivity index (χ1v) is 4.70. The number of pyridine rings is 1. The number of rotatable bonds is 1. The third-order valence-corrected chi connectivity index (χ3v) is 2.35. The van der Waals surface area contributed by atoms with Gasteiger partial charge in [0.25, 0.3) is 0 Å². The Kier molecular flexibility index (Phi) is 2.56. The van der Waals surface area contributed by atoms with E-state index in [2.05, 4.69) is 4.98 Å². The largest absolute Gasteiger partial charge is 0.505 e. The van der Waals surface area contributed by atoms with Crippen molar-refractivity contribution in [3.05, 3.63) is 47.8 Å². The van der Waals surface area contributed by atoms with Crippen molar-refractivity contribution in [2.24, 2.45) is 0 Å². The molecule has 0 fully saturated rings. The molecule has 0 aliphatic heterocycles. The predicted octanol–water partition coefficient (Wildman–Crippen LogP) is 3.04. The predicted molar refractivity (Wildman–Crippen MR) is 56.0 cm³/mol. The molecular weight excluding hydrogens is 212 g/mol. The van der Waals surface area contributed by atoms with E-state index in [-0.39, 0.29) is 16.9 Å². The first-order chi connectivity index (χ1) is 7.61. The van der Waals surface area contributed by atoms with Crippen LogP contribution in [0.2, 0.25) is 0 Å². The number of aryl methyl sites for hydroxylation is 1. The van der Waals surface area contributed by atoms with Gasteiger partial charge in [-0.1, -0.05) is 12.1 Å². The number of hydrogen-bond acceptors (Lipinski definition) is 2. The number of aromatic hydroxyl groups is 1. The van der Waals surface area contributed by atoms with Crippen LogP contribution < -0.4 is 0 Å². The summed E-state index contributed by atoms with van der Waals surface area (Å²) in [5, 5.41) is 9.71. The molecule has 0 radical (unpaired) electrons. The molecule has 82 valence electrons. The maximum absolute atomic E-state index is 13.5. The van der Waals surface area contributed by atoms with E-state index in [1.807, 2.05) is 0 Å². The quantitative estimate of drug-likeness (QED) is 0.802. The number of nitrogens with zero attached hydrogens (tertiary/aromatic N) is 1. The Hall–Kier alpha value is -1.97. The van der Waals surface area contributed by atoms with Crippen LogP contribution >= 0.6 is 0 Å². The number of benzene rings is 1. The SMILES string of the molecule is Cc1nccc(-c2cccc(F)c2F)c1O. The highest BCUT2D eigenvalue weighted by molar-refractivity contribution is 5.71. The van der Waals surface area contributed by atoms with E-state index in [1.165, 1.54) is 24.4 Å². The van der Waals surface area contributed by atoms with Gasteiger partial charge in [0, 0.05) is 17.3 Å². The number of aromatic nitrogens is 1. The Bertz CT molecular complexity index is 491. The lowest BCUT2D eigenvalue weighted by atomic mass is 10.0. The van der Waals surface area contributed by atoms with Gasteiger partial charge in [-0.25, -0.2) is 8.78 Å². The van der Waals surface area contributed by atoms with Gasteiger partial charge < -0.3 is 5.11 Å². The highest BCUT2D eigenvalue weighted by atomic mass is 19.2. The molecule has 16 heavy (non-hydrogen) atoms. The van der Waals surface area contributed by atoms with Crippen molar-refractivity contribution < 1.29 is 13.9 Å². The highest BCUT2D eigenvalue weighted by Gasteiger charge is 2.14. The molecular formula is C12H9F2NO. The molecule has 0 unspecified atom stereocenters. The molecule has 0 amide bonds. The van der Waals surface area contributed by atoms with Gasteiger partial charge in [0.05, 0.1) is 5.69 Å². The summed E-state index contributed by atoms with van der Waals surface area (Å²) >= 11 is 0. The average Bonchev–Trinajstić information content (AvgIpc) is 2.27. The van der Waals surface area contributed by atoms with Crippen molar-refractivity contribution in [2.45, 2.75) is 6.92 Å². The van der Waals surface area contributed by atoms with E-state index in [0.29, 0.717) is 5.69 Å². The Morgan fingerprint density at radius 1 is 1.12 bits per heavy atom. The Morgan fingerprint density at radius 3 is 2.62 bits per heavy atom. The minimum atomic E-state index is -0.969. The second kappa shape index (κ2) is 3.89. The second-order valence-electron chi connectivity index (χ2n) is 3.39. The van der Waals surface area contributed by atoms with Crippen LogP contribution in [0.1, 0.15) is 5.69 Å². The number of halogens is 2. The lowest BCUT2D eigenvalue weighted by Crippen LogP contribution is -1.91. The van der Waals surface area contributed by atoms with Crippen LogP contribution in [0.3, 0.4) is 0 Å². The van der Waals surface area contributed by atoms with E-state index >= 15 is 0 Å². The van der Waals surface area contributed by atoms with Crippen molar-refractivity contribution in [3.63, 3.8) is 0 Å². The van der Waals surface area contributed by atoms with Gasteiger partial charge in [-0.2, -0.15) is 0 Å². The Morgan fingerprint density at radius 2 is 1.88 bits per heavy atom. The van der Waals surface area contributed by atoms with Crippen LogP contribution in [0.4, 0.5) is 8.78 Å². The summed E-state index contributed by atoms with van der Waals surface area (Å²) in [5.41, 5.74) is 0.647. The fraction of sp³-hybridized carbons (Fsp3) is 0.0833. The standard InChI is InChI=1S/C12H9F2NO/c1-7-12(16)9(5-6-15-7)8-3-2-4-10(13)11(8)14/h2-6,16H,1H3. The molecule has 0 saturated heterocycles. The molecule has 1 N–H and O–H groups in total. The van der Waals surface area contributed by atoms with Gasteiger partial charge in [0.2, 0.25) is 0 Å². The van der Waals surface area contributed by atoms with Crippen molar-refractivity contribution in [3.8, 4) is 16.9 Å². The van der Waals surface area contributed by atoms with Gasteiger partial charge >= 0.3 is 0 Å². The smallest absolute Gasteiger partial charge is 0.166 e. The first kappa shape index (κ1) is 10.5. The molecule has 2 aromatic rings. The summed E-state index contributed by atoms with van der Waals surface area (Å²) in [4.78, 5) is 3.85. The van der Waals surface area contributed by atoms with Crippen LogP contribution in [0.15, 0.2) is 30.5 Å². The van der Waals surface area contributed by atoms with Crippen molar-refractivity contribution >= 4 is 0 Å². The average molecular weight is 221 g/mol. The van der Waals surface area contributed by atoms with Crippen molar-refractivity contribution in [1.82, 2.24) is 4.98 Å². The molecule has 0 saturated carbocycles. The fourth-order valence-electron chi connectivity index (χ4n) is 1.49. The maximum atomic E-state index is 13.5. The zero-order valence-electron chi connectivity index (χ0n) is 8.54. The molecule has 4 heteroatoms.